The van der Waals surface area contributed by atoms with Crippen molar-refractivity contribution >= 4 is 28.1 Å². The SMILES string of the molecule is O=C(NC1CCCC1)C1CCCN1C(=O)Cc1cn2ccsc2n1. The van der Waals surface area contributed by atoms with Crippen molar-refractivity contribution in [2.45, 2.75) is 57.0 Å². The number of amides is 2. The van der Waals surface area contributed by atoms with Gasteiger partial charge in [0.05, 0.1) is 12.1 Å². The highest BCUT2D eigenvalue weighted by atomic mass is 32.1. The number of rotatable bonds is 4. The van der Waals surface area contributed by atoms with Crippen LogP contribution < -0.4 is 5.32 Å². The van der Waals surface area contributed by atoms with Gasteiger partial charge in [0.25, 0.3) is 0 Å². The van der Waals surface area contributed by atoms with Crippen molar-refractivity contribution in [3.63, 3.8) is 0 Å². The molecule has 4 rings (SSSR count). The van der Waals surface area contributed by atoms with Crippen molar-refractivity contribution in [3.05, 3.63) is 23.5 Å². The largest absolute Gasteiger partial charge is 0.352 e. The minimum atomic E-state index is -0.304. The van der Waals surface area contributed by atoms with E-state index in [4.69, 9.17) is 0 Å². The number of likely N-dealkylation sites (tertiary alicyclic amines) is 1. The summed E-state index contributed by atoms with van der Waals surface area (Å²) in [6, 6.07) is -0.00295. The van der Waals surface area contributed by atoms with E-state index in [0.717, 1.165) is 36.3 Å². The Morgan fingerprint density at radius 1 is 1.25 bits per heavy atom. The minimum Gasteiger partial charge on any atom is -0.352 e. The van der Waals surface area contributed by atoms with E-state index < -0.39 is 0 Å². The lowest BCUT2D eigenvalue weighted by molar-refractivity contribution is -0.138. The first-order valence-electron chi connectivity index (χ1n) is 8.71. The predicted octanol–water partition coefficient (Wildman–Crippen LogP) is 1.99. The van der Waals surface area contributed by atoms with Gasteiger partial charge in [0.15, 0.2) is 4.96 Å². The minimum absolute atomic E-state index is 0.00447. The van der Waals surface area contributed by atoms with Crippen LogP contribution in [0.4, 0.5) is 0 Å². The number of aromatic nitrogens is 2. The first kappa shape index (κ1) is 15.6. The lowest BCUT2D eigenvalue weighted by Crippen LogP contribution is -2.48. The molecule has 7 heteroatoms. The van der Waals surface area contributed by atoms with Gasteiger partial charge in [0.2, 0.25) is 11.8 Å². The summed E-state index contributed by atoms with van der Waals surface area (Å²) in [4.78, 5) is 32.3. The van der Waals surface area contributed by atoms with Crippen LogP contribution in [0.15, 0.2) is 17.8 Å². The summed E-state index contributed by atoms with van der Waals surface area (Å²) in [6.07, 6.45) is 10.3. The fraction of sp³-hybridized carbons (Fsp3) is 0.588. The summed E-state index contributed by atoms with van der Waals surface area (Å²) in [5.74, 6) is 0.0309. The van der Waals surface area contributed by atoms with Crippen molar-refractivity contribution in [2.24, 2.45) is 0 Å². The standard InChI is InChI=1S/C17H22N4O2S/c22-15(10-13-11-20-8-9-24-17(20)19-13)21-7-3-6-14(21)16(23)18-12-4-1-2-5-12/h8-9,11-12,14H,1-7,10H2,(H,18,23). The molecule has 2 fully saturated rings. The number of thiazole rings is 1. The molecule has 1 N–H and O–H groups in total. The highest BCUT2D eigenvalue weighted by molar-refractivity contribution is 7.15. The number of nitrogens with zero attached hydrogens (tertiary/aromatic N) is 3. The summed E-state index contributed by atoms with van der Waals surface area (Å²) < 4.78 is 1.93. The van der Waals surface area contributed by atoms with E-state index in [0.29, 0.717) is 12.6 Å². The summed E-state index contributed by atoms with van der Waals surface area (Å²) in [5.41, 5.74) is 0.772. The number of hydrogen-bond acceptors (Lipinski definition) is 4. The molecule has 1 unspecified atom stereocenters. The Morgan fingerprint density at radius 2 is 2.08 bits per heavy atom. The molecule has 0 radical (unpaired) electrons. The zero-order valence-electron chi connectivity index (χ0n) is 13.6. The molecular weight excluding hydrogens is 324 g/mol. The average Bonchev–Trinajstić information content (AvgIpc) is 3.31. The van der Waals surface area contributed by atoms with Crippen molar-refractivity contribution in [1.29, 1.82) is 0 Å². The van der Waals surface area contributed by atoms with Crippen molar-refractivity contribution < 1.29 is 9.59 Å². The molecule has 0 bridgehead atoms. The second-order valence-corrected chi connectivity index (χ2v) is 7.61. The van der Waals surface area contributed by atoms with Gasteiger partial charge in [-0.2, -0.15) is 0 Å². The molecule has 1 saturated carbocycles. The molecular formula is C17H22N4O2S. The van der Waals surface area contributed by atoms with Crippen LogP contribution in [0.5, 0.6) is 0 Å². The quantitative estimate of drug-likeness (QED) is 0.921. The maximum absolute atomic E-state index is 12.7. The number of carbonyl (C=O) groups excluding carboxylic acids is 2. The number of carbonyl (C=O) groups is 2. The Labute approximate surface area is 144 Å². The topological polar surface area (TPSA) is 66.7 Å². The fourth-order valence-corrected chi connectivity index (χ4v) is 4.54. The van der Waals surface area contributed by atoms with Crippen LogP contribution in [0.1, 0.15) is 44.2 Å². The summed E-state index contributed by atoms with van der Waals surface area (Å²) in [5, 5.41) is 5.11. The van der Waals surface area contributed by atoms with E-state index in [1.54, 1.807) is 16.2 Å². The van der Waals surface area contributed by atoms with Crippen molar-refractivity contribution in [3.8, 4) is 0 Å². The molecule has 3 heterocycles. The van der Waals surface area contributed by atoms with Gasteiger partial charge < -0.3 is 10.2 Å². The molecule has 24 heavy (non-hydrogen) atoms. The zero-order chi connectivity index (χ0) is 16.5. The van der Waals surface area contributed by atoms with Crippen LogP contribution in [0.2, 0.25) is 0 Å². The molecule has 1 aliphatic heterocycles. The maximum Gasteiger partial charge on any atom is 0.243 e. The highest BCUT2D eigenvalue weighted by Gasteiger charge is 2.35. The zero-order valence-corrected chi connectivity index (χ0v) is 14.4. The molecule has 1 atom stereocenters. The van der Waals surface area contributed by atoms with Gasteiger partial charge in [-0.05, 0) is 25.7 Å². The molecule has 1 aliphatic carbocycles. The van der Waals surface area contributed by atoms with Crippen LogP contribution >= 0.6 is 11.3 Å². The van der Waals surface area contributed by atoms with Gasteiger partial charge in [0, 0.05) is 30.4 Å². The lowest BCUT2D eigenvalue weighted by atomic mass is 10.1. The molecule has 0 aromatic carbocycles. The second-order valence-electron chi connectivity index (χ2n) is 6.74. The molecule has 0 spiro atoms. The van der Waals surface area contributed by atoms with E-state index in [9.17, 15) is 9.59 Å². The van der Waals surface area contributed by atoms with Gasteiger partial charge >= 0.3 is 0 Å². The third-order valence-electron chi connectivity index (χ3n) is 5.05. The summed E-state index contributed by atoms with van der Waals surface area (Å²) >= 11 is 1.55. The van der Waals surface area contributed by atoms with Crippen LogP contribution in [0.25, 0.3) is 4.96 Å². The Morgan fingerprint density at radius 3 is 2.88 bits per heavy atom. The summed E-state index contributed by atoms with van der Waals surface area (Å²) in [7, 11) is 0. The van der Waals surface area contributed by atoms with Gasteiger partial charge in [-0.25, -0.2) is 4.98 Å². The van der Waals surface area contributed by atoms with Gasteiger partial charge in [-0.15, -0.1) is 11.3 Å². The molecule has 2 aromatic rings. The third-order valence-corrected chi connectivity index (χ3v) is 5.82. The number of fused-ring (bicyclic) bond motifs is 1. The van der Waals surface area contributed by atoms with Gasteiger partial charge in [-0.1, -0.05) is 12.8 Å². The number of nitrogens with one attached hydrogen (secondary N) is 1. The van der Waals surface area contributed by atoms with Gasteiger partial charge in [0.1, 0.15) is 6.04 Å². The maximum atomic E-state index is 12.7. The fourth-order valence-electron chi connectivity index (χ4n) is 3.82. The van der Waals surface area contributed by atoms with E-state index in [1.807, 2.05) is 22.2 Å². The summed E-state index contributed by atoms with van der Waals surface area (Å²) in [6.45, 7) is 0.670. The number of hydrogen-bond donors (Lipinski definition) is 1. The Balaban J connectivity index is 1.40. The second kappa shape index (κ2) is 6.55. The Kier molecular flexibility index (Phi) is 4.26. The first-order valence-corrected chi connectivity index (χ1v) is 9.59. The van der Waals surface area contributed by atoms with Crippen molar-refractivity contribution in [2.75, 3.05) is 6.54 Å². The lowest BCUT2D eigenvalue weighted by Gasteiger charge is -2.25. The third kappa shape index (κ3) is 3.05. The predicted molar refractivity (Wildman–Crippen MR) is 91.9 cm³/mol. The molecule has 2 aliphatic rings. The normalized spacial score (nSPS) is 21.7. The first-order chi connectivity index (χ1) is 11.7. The van der Waals surface area contributed by atoms with E-state index in [-0.39, 0.29) is 24.3 Å². The van der Waals surface area contributed by atoms with Crippen molar-refractivity contribution in [1.82, 2.24) is 19.6 Å². The smallest absolute Gasteiger partial charge is 0.243 e. The molecule has 2 amide bonds. The monoisotopic (exact) mass is 346 g/mol. The highest BCUT2D eigenvalue weighted by Crippen LogP contribution is 2.22. The molecule has 1 saturated heterocycles. The van der Waals surface area contributed by atoms with Crippen LogP contribution in [-0.4, -0.2) is 44.7 Å². The van der Waals surface area contributed by atoms with E-state index >= 15 is 0 Å². The van der Waals surface area contributed by atoms with E-state index in [1.165, 1.54) is 12.8 Å². The Hall–Kier alpha value is -1.89. The van der Waals surface area contributed by atoms with Crippen LogP contribution in [-0.2, 0) is 16.0 Å². The number of imidazole rings is 1. The Bertz CT molecular complexity index is 718. The molecule has 2 aromatic heterocycles. The van der Waals surface area contributed by atoms with Gasteiger partial charge in [-0.3, -0.25) is 14.0 Å². The van der Waals surface area contributed by atoms with E-state index in [2.05, 4.69) is 10.3 Å². The van der Waals surface area contributed by atoms with Crippen LogP contribution in [0, 0.1) is 0 Å². The molecule has 128 valence electrons. The molecule has 6 nitrogen and oxygen atoms in total. The average molecular weight is 346 g/mol. The van der Waals surface area contributed by atoms with Crippen LogP contribution in [0.3, 0.4) is 0 Å².